The van der Waals surface area contributed by atoms with Crippen molar-refractivity contribution in [3.05, 3.63) is 64.7 Å². The summed E-state index contributed by atoms with van der Waals surface area (Å²) in [5.74, 6) is 0.111. The van der Waals surface area contributed by atoms with Gasteiger partial charge < -0.3 is 19.4 Å². The van der Waals surface area contributed by atoms with Crippen LogP contribution in [0.2, 0.25) is 5.02 Å². The molecule has 170 valence electrons. The number of carbonyl (C=O) groups excluding carboxylic acids is 1. The number of hydrogen-bond acceptors (Lipinski definition) is 4. The van der Waals surface area contributed by atoms with Crippen LogP contribution < -0.4 is 0 Å². The molecule has 1 aromatic heterocycles. The first-order chi connectivity index (χ1) is 15.2. The lowest BCUT2D eigenvalue weighted by Crippen LogP contribution is -2.40. The van der Waals surface area contributed by atoms with Crippen LogP contribution in [-0.2, 0) is 15.9 Å². The van der Waals surface area contributed by atoms with E-state index < -0.39 is 23.6 Å². The maximum absolute atomic E-state index is 14.2. The van der Waals surface area contributed by atoms with Crippen LogP contribution in [0.1, 0.15) is 38.3 Å². The van der Waals surface area contributed by atoms with E-state index in [1.54, 1.807) is 11.0 Å². The number of nitrogens with one attached hydrogen (secondary N) is 1. The Bertz CT molecular complexity index is 1080. The molecule has 2 aromatic carbocycles. The van der Waals surface area contributed by atoms with Crippen molar-refractivity contribution in [1.29, 1.82) is 0 Å². The largest absolute Gasteiger partial charge is 0.444 e. The third kappa shape index (κ3) is 5.22. The molecule has 1 fully saturated rings. The van der Waals surface area contributed by atoms with Gasteiger partial charge in [0.05, 0.1) is 28.8 Å². The minimum absolute atomic E-state index is 0.0617. The Hall–Kier alpha value is -2.64. The number of nitrogens with zero attached hydrogens (tertiary/aromatic N) is 2. The molecular weight excluding hydrogens is 433 g/mol. The predicted molar refractivity (Wildman–Crippen MR) is 121 cm³/mol. The molecule has 1 N–H and O–H groups in total. The summed E-state index contributed by atoms with van der Waals surface area (Å²) in [6.07, 6.45) is -0.302. The molecule has 3 aromatic rings. The number of amides is 1. The summed E-state index contributed by atoms with van der Waals surface area (Å²) in [7, 11) is 0. The first kappa shape index (κ1) is 22.6. The van der Waals surface area contributed by atoms with Crippen LogP contribution in [-0.4, -0.2) is 46.3 Å². The zero-order valence-corrected chi connectivity index (χ0v) is 19.2. The Morgan fingerprint density at radius 1 is 1.31 bits per heavy atom. The third-order valence-electron chi connectivity index (χ3n) is 5.36. The normalized spacial score (nSPS) is 19.7. The molecule has 0 bridgehead atoms. The standard InChI is InChI=1S/C24H27ClFN3O3/c1-24(2,3)32-23(30)29-10-11-31-22(15-8-9-17(25)18(26)12-15)16(14-29)13-21-27-19-6-4-5-7-20(19)28-21/h4-9,12,16,22H,10-11,13-14H2,1-3H3,(H,27,28)/t16-,22+/m1/s1. The fourth-order valence-corrected chi connectivity index (χ4v) is 4.09. The number of hydrogen-bond donors (Lipinski definition) is 1. The van der Waals surface area contributed by atoms with Crippen LogP contribution in [0, 0.1) is 11.7 Å². The highest BCUT2D eigenvalue weighted by Gasteiger charge is 2.34. The van der Waals surface area contributed by atoms with Crippen LogP contribution in [0.3, 0.4) is 0 Å². The van der Waals surface area contributed by atoms with Gasteiger partial charge in [0, 0.05) is 25.4 Å². The van der Waals surface area contributed by atoms with E-state index in [9.17, 15) is 9.18 Å². The van der Waals surface area contributed by atoms with Crippen LogP contribution in [0.5, 0.6) is 0 Å². The van der Waals surface area contributed by atoms with Gasteiger partial charge in [0.15, 0.2) is 0 Å². The number of H-pyrrole nitrogens is 1. The second kappa shape index (κ2) is 9.08. The molecule has 4 rings (SSSR count). The number of para-hydroxylation sites is 2. The number of fused-ring (bicyclic) bond motifs is 1. The number of imidazole rings is 1. The molecule has 1 saturated heterocycles. The highest BCUT2D eigenvalue weighted by atomic mass is 35.5. The van der Waals surface area contributed by atoms with E-state index >= 15 is 0 Å². The van der Waals surface area contributed by atoms with Crippen molar-refractivity contribution in [2.24, 2.45) is 5.92 Å². The molecule has 0 spiro atoms. The Kier molecular flexibility index (Phi) is 6.40. The predicted octanol–water partition coefficient (Wildman–Crippen LogP) is 5.52. The van der Waals surface area contributed by atoms with Crippen LogP contribution in [0.25, 0.3) is 11.0 Å². The molecule has 0 radical (unpaired) electrons. The molecule has 1 aliphatic heterocycles. The van der Waals surface area contributed by atoms with Gasteiger partial charge in [-0.25, -0.2) is 14.2 Å². The monoisotopic (exact) mass is 459 g/mol. The van der Waals surface area contributed by atoms with Gasteiger partial charge in [-0.15, -0.1) is 0 Å². The number of aromatic nitrogens is 2. The van der Waals surface area contributed by atoms with Crippen LogP contribution in [0.4, 0.5) is 9.18 Å². The number of carbonyl (C=O) groups is 1. The van der Waals surface area contributed by atoms with Crippen molar-refractivity contribution in [2.75, 3.05) is 19.7 Å². The molecule has 0 unspecified atom stereocenters. The van der Waals surface area contributed by atoms with Crippen molar-refractivity contribution < 1.29 is 18.7 Å². The summed E-state index contributed by atoms with van der Waals surface area (Å²) >= 11 is 5.89. The van der Waals surface area contributed by atoms with Crippen LogP contribution >= 0.6 is 11.6 Å². The van der Waals surface area contributed by atoms with E-state index in [1.807, 2.05) is 45.0 Å². The van der Waals surface area contributed by atoms with Crippen molar-refractivity contribution in [3.63, 3.8) is 0 Å². The topological polar surface area (TPSA) is 67.4 Å². The summed E-state index contributed by atoms with van der Waals surface area (Å²) in [6, 6.07) is 12.5. The fourth-order valence-electron chi connectivity index (χ4n) is 3.97. The molecule has 0 saturated carbocycles. The minimum Gasteiger partial charge on any atom is -0.444 e. The highest BCUT2D eigenvalue weighted by molar-refractivity contribution is 6.30. The lowest BCUT2D eigenvalue weighted by atomic mass is 9.92. The lowest BCUT2D eigenvalue weighted by Gasteiger charge is -2.29. The molecular formula is C24H27ClFN3O3. The molecule has 0 aliphatic carbocycles. The van der Waals surface area contributed by atoms with Crippen molar-refractivity contribution >= 4 is 28.7 Å². The molecule has 2 atom stereocenters. The Morgan fingerprint density at radius 2 is 2.09 bits per heavy atom. The summed E-state index contributed by atoms with van der Waals surface area (Å²) in [4.78, 5) is 22.5. The zero-order chi connectivity index (χ0) is 22.9. The maximum atomic E-state index is 14.2. The van der Waals surface area contributed by atoms with Crippen LogP contribution in [0.15, 0.2) is 42.5 Å². The molecule has 1 amide bonds. The second-order valence-corrected chi connectivity index (χ2v) is 9.46. The number of rotatable bonds is 3. The minimum atomic E-state index is -0.600. The SMILES string of the molecule is CC(C)(C)OC(=O)N1CCO[C@@H](c2ccc(Cl)c(F)c2)[C@H](Cc2nc3ccccc3[nH]2)C1. The van der Waals surface area contributed by atoms with Gasteiger partial charge in [-0.05, 0) is 50.6 Å². The van der Waals surface area contributed by atoms with Crippen molar-refractivity contribution in [1.82, 2.24) is 14.9 Å². The number of aromatic amines is 1. The molecule has 2 heterocycles. The van der Waals surface area contributed by atoms with Gasteiger partial charge in [0.2, 0.25) is 0 Å². The summed E-state index contributed by atoms with van der Waals surface area (Å²) in [6.45, 7) is 6.60. The molecule has 6 nitrogen and oxygen atoms in total. The third-order valence-corrected chi connectivity index (χ3v) is 5.67. The molecule has 8 heteroatoms. The molecule has 1 aliphatic rings. The van der Waals surface area contributed by atoms with E-state index in [-0.39, 0.29) is 10.9 Å². The van der Waals surface area contributed by atoms with Gasteiger partial charge in [0.1, 0.15) is 17.2 Å². The van der Waals surface area contributed by atoms with Crippen molar-refractivity contribution in [3.8, 4) is 0 Å². The van der Waals surface area contributed by atoms with E-state index in [0.29, 0.717) is 31.7 Å². The van der Waals surface area contributed by atoms with Crippen molar-refractivity contribution in [2.45, 2.75) is 38.9 Å². The lowest BCUT2D eigenvalue weighted by molar-refractivity contribution is 0.0231. The summed E-state index contributed by atoms with van der Waals surface area (Å²) in [5, 5.41) is 0.0617. The summed E-state index contributed by atoms with van der Waals surface area (Å²) < 4.78 is 26.0. The fraction of sp³-hybridized carbons (Fsp3) is 0.417. The van der Waals surface area contributed by atoms with Gasteiger partial charge in [0.25, 0.3) is 0 Å². The van der Waals surface area contributed by atoms with E-state index in [0.717, 1.165) is 16.9 Å². The van der Waals surface area contributed by atoms with Gasteiger partial charge in [-0.3, -0.25) is 0 Å². The van der Waals surface area contributed by atoms with Gasteiger partial charge >= 0.3 is 6.09 Å². The average molecular weight is 460 g/mol. The Labute approximate surface area is 191 Å². The highest BCUT2D eigenvalue weighted by Crippen LogP contribution is 2.33. The first-order valence-electron chi connectivity index (χ1n) is 10.7. The first-order valence-corrected chi connectivity index (χ1v) is 11.1. The quantitative estimate of drug-likeness (QED) is 0.559. The van der Waals surface area contributed by atoms with Gasteiger partial charge in [-0.1, -0.05) is 29.8 Å². The molecule has 32 heavy (non-hydrogen) atoms. The number of ether oxygens (including phenoxy) is 2. The van der Waals surface area contributed by atoms with E-state index in [1.165, 1.54) is 12.1 Å². The number of halogens is 2. The number of benzene rings is 2. The Balaban J connectivity index is 1.64. The Morgan fingerprint density at radius 3 is 2.81 bits per heavy atom. The second-order valence-electron chi connectivity index (χ2n) is 9.06. The van der Waals surface area contributed by atoms with Gasteiger partial charge in [-0.2, -0.15) is 0 Å². The smallest absolute Gasteiger partial charge is 0.410 e. The van der Waals surface area contributed by atoms with E-state index in [4.69, 9.17) is 21.1 Å². The summed E-state index contributed by atoms with van der Waals surface area (Å²) in [5.41, 5.74) is 1.89. The zero-order valence-electron chi connectivity index (χ0n) is 18.4. The maximum Gasteiger partial charge on any atom is 0.410 e. The average Bonchev–Trinajstić information content (AvgIpc) is 3.01. The van der Waals surface area contributed by atoms with E-state index in [2.05, 4.69) is 9.97 Å².